The predicted octanol–water partition coefficient (Wildman–Crippen LogP) is 0.533. The lowest BCUT2D eigenvalue weighted by atomic mass is 9.86. The largest absolute Gasteiger partial charge is 0.468 e. The Morgan fingerprint density at radius 2 is 2.22 bits per heavy atom. The van der Waals surface area contributed by atoms with Crippen molar-refractivity contribution < 1.29 is 14.3 Å². The number of hydrogen-bond donors (Lipinski definition) is 1. The van der Waals surface area contributed by atoms with Gasteiger partial charge in [-0.15, -0.1) is 0 Å². The Balaban J connectivity index is 2.94. The van der Waals surface area contributed by atoms with Gasteiger partial charge in [-0.2, -0.15) is 10.5 Å². The molecule has 0 radical (unpaired) electrons. The molecule has 0 aromatic carbocycles. The molecular formula is C11H11N3O3S. The molecule has 0 aromatic heterocycles. The van der Waals surface area contributed by atoms with Gasteiger partial charge in [-0.05, 0) is 0 Å². The second kappa shape index (κ2) is 6.08. The van der Waals surface area contributed by atoms with Crippen LogP contribution in [0.15, 0.2) is 10.6 Å². The molecule has 1 heterocycles. The number of allylic oxidation sites excluding steroid dienone is 1. The summed E-state index contributed by atoms with van der Waals surface area (Å²) in [7, 11) is 1.26. The molecule has 0 fully saturated rings. The molecule has 0 bridgehead atoms. The number of carbonyl (C=O) groups is 2. The zero-order valence-electron chi connectivity index (χ0n) is 9.89. The van der Waals surface area contributed by atoms with Gasteiger partial charge in [-0.1, -0.05) is 18.7 Å². The van der Waals surface area contributed by atoms with E-state index in [-0.39, 0.29) is 5.75 Å². The van der Waals surface area contributed by atoms with Crippen molar-refractivity contribution in [2.75, 3.05) is 12.9 Å². The van der Waals surface area contributed by atoms with Crippen molar-refractivity contribution in [2.24, 2.45) is 11.8 Å². The van der Waals surface area contributed by atoms with Gasteiger partial charge in [0.25, 0.3) is 0 Å². The maximum Gasteiger partial charge on any atom is 0.316 e. The summed E-state index contributed by atoms with van der Waals surface area (Å²) in [5.74, 6) is -2.25. The highest BCUT2D eigenvalue weighted by Crippen LogP contribution is 2.31. The summed E-state index contributed by atoms with van der Waals surface area (Å²) < 4.78 is 4.48. The number of amides is 1. The zero-order chi connectivity index (χ0) is 13.7. The lowest BCUT2D eigenvalue weighted by Crippen LogP contribution is -2.39. The molecule has 0 aromatic rings. The highest BCUT2D eigenvalue weighted by atomic mass is 32.2. The first kappa shape index (κ1) is 14.1. The molecule has 0 saturated heterocycles. The smallest absolute Gasteiger partial charge is 0.316 e. The SMILES string of the molecule is COC(=O)CSC1=C(C#N)[C@H](C)[C@H](C#N)C(=O)N1. The highest BCUT2D eigenvalue weighted by molar-refractivity contribution is 8.03. The quantitative estimate of drug-likeness (QED) is 0.747. The van der Waals surface area contributed by atoms with Crippen molar-refractivity contribution in [1.29, 1.82) is 10.5 Å². The average Bonchev–Trinajstić information content (AvgIpc) is 2.36. The molecule has 1 aliphatic heterocycles. The minimum atomic E-state index is -0.873. The average molecular weight is 265 g/mol. The van der Waals surface area contributed by atoms with Crippen LogP contribution in [0.4, 0.5) is 0 Å². The summed E-state index contributed by atoms with van der Waals surface area (Å²) in [5.41, 5.74) is 0.315. The summed E-state index contributed by atoms with van der Waals surface area (Å²) in [5, 5.41) is 20.7. The van der Waals surface area contributed by atoms with Crippen LogP contribution in [0.2, 0.25) is 0 Å². The van der Waals surface area contributed by atoms with Crippen molar-refractivity contribution in [2.45, 2.75) is 6.92 Å². The van der Waals surface area contributed by atoms with Gasteiger partial charge in [0, 0.05) is 5.92 Å². The molecule has 1 N–H and O–H groups in total. The Labute approximate surface area is 109 Å². The van der Waals surface area contributed by atoms with E-state index in [1.54, 1.807) is 6.92 Å². The monoisotopic (exact) mass is 265 g/mol. The molecule has 7 heteroatoms. The van der Waals surface area contributed by atoms with Crippen LogP contribution in [0.3, 0.4) is 0 Å². The van der Waals surface area contributed by atoms with Gasteiger partial charge in [0.2, 0.25) is 5.91 Å². The van der Waals surface area contributed by atoms with Gasteiger partial charge in [0.1, 0.15) is 5.92 Å². The van der Waals surface area contributed by atoms with Gasteiger partial charge >= 0.3 is 5.97 Å². The lowest BCUT2D eigenvalue weighted by molar-refractivity contribution is -0.137. The molecule has 1 rings (SSSR count). The number of rotatable bonds is 3. The van der Waals surface area contributed by atoms with Crippen LogP contribution in [0.5, 0.6) is 0 Å². The van der Waals surface area contributed by atoms with E-state index in [9.17, 15) is 9.59 Å². The first-order valence-corrected chi connectivity index (χ1v) is 6.08. The number of carbonyl (C=O) groups excluding carboxylic acids is 2. The van der Waals surface area contributed by atoms with E-state index < -0.39 is 23.7 Å². The number of hydrogen-bond acceptors (Lipinski definition) is 6. The molecule has 0 spiro atoms. The third-order valence-electron chi connectivity index (χ3n) is 2.54. The van der Waals surface area contributed by atoms with Crippen LogP contribution >= 0.6 is 11.8 Å². The second-order valence-electron chi connectivity index (χ2n) is 3.60. The van der Waals surface area contributed by atoms with Gasteiger partial charge in [-0.25, -0.2) is 0 Å². The van der Waals surface area contributed by atoms with Crippen LogP contribution in [0.25, 0.3) is 0 Å². The Morgan fingerprint density at radius 3 is 2.72 bits per heavy atom. The minimum absolute atomic E-state index is 0.00122. The van der Waals surface area contributed by atoms with E-state index in [0.29, 0.717) is 10.6 Å². The van der Waals surface area contributed by atoms with Gasteiger partial charge < -0.3 is 10.1 Å². The maximum absolute atomic E-state index is 11.6. The van der Waals surface area contributed by atoms with Gasteiger partial charge in [0.15, 0.2) is 0 Å². The lowest BCUT2D eigenvalue weighted by Gasteiger charge is -2.25. The molecule has 1 aliphatic rings. The van der Waals surface area contributed by atoms with E-state index in [2.05, 4.69) is 10.1 Å². The number of ether oxygens (including phenoxy) is 1. The van der Waals surface area contributed by atoms with E-state index >= 15 is 0 Å². The number of esters is 1. The summed E-state index contributed by atoms with van der Waals surface area (Å²) in [6.45, 7) is 1.64. The molecule has 18 heavy (non-hydrogen) atoms. The van der Waals surface area contributed by atoms with Crippen molar-refractivity contribution in [3.05, 3.63) is 10.6 Å². The molecule has 0 unspecified atom stereocenters. The van der Waals surface area contributed by atoms with Crippen LogP contribution in [-0.4, -0.2) is 24.7 Å². The maximum atomic E-state index is 11.6. The fourth-order valence-corrected chi connectivity index (χ4v) is 2.42. The van der Waals surface area contributed by atoms with Gasteiger partial charge in [0.05, 0.1) is 35.6 Å². The fraction of sp³-hybridized carbons (Fsp3) is 0.455. The third-order valence-corrected chi connectivity index (χ3v) is 3.53. The van der Waals surface area contributed by atoms with E-state index in [1.807, 2.05) is 12.1 Å². The summed E-state index contributed by atoms with van der Waals surface area (Å²) in [6.07, 6.45) is 0. The summed E-state index contributed by atoms with van der Waals surface area (Å²) in [4.78, 5) is 22.6. The first-order chi connectivity index (χ1) is 8.54. The Kier molecular flexibility index (Phi) is 4.75. The van der Waals surface area contributed by atoms with E-state index in [1.165, 1.54) is 7.11 Å². The van der Waals surface area contributed by atoms with Crippen LogP contribution in [0, 0.1) is 34.5 Å². The molecule has 2 atom stereocenters. The summed E-state index contributed by atoms with van der Waals surface area (Å²) in [6, 6.07) is 3.84. The first-order valence-electron chi connectivity index (χ1n) is 5.09. The Bertz CT molecular complexity index is 487. The normalized spacial score (nSPS) is 22.8. The van der Waals surface area contributed by atoms with Crippen LogP contribution < -0.4 is 5.32 Å². The van der Waals surface area contributed by atoms with E-state index in [0.717, 1.165) is 11.8 Å². The van der Waals surface area contributed by atoms with Crippen molar-refractivity contribution in [1.82, 2.24) is 5.32 Å². The summed E-state index contributed by atoms with van der Waals surface area (Å²) >= 11 is 1.02. The molecule has 0 aliphatic carbocycles. The predicted molar refractivity (Wildman–Crippen MR) is 63.5 cm³/mol. The number of nitriles is 2. The Morgan fingerprint density at radius 1 is 1.56 bits per heavy atom. The third kappa shape index (κ3) is 2.82. The molecule has 94 valence electrons. The number of thioether (sulfide) groups is 1. The topological polar surface area (TPSA) is 103 Å². The molecular weight excluding hydrogens is 254 g/mol. The molecule has 1 amide bonds. The van der Waals surface area contributed by atoms with Gasteiger partial charge in [-0.3, -0.25) is 9.59 Å². The zero-order valence-corrected chi connectivity index (χ0v) is 10.7. The van der Waals surface area contributed by atoms with Crippen molar-refractivity contribution in [3.63, 3.8) is 0 Å². The molecule has 0 saturated carbocycles. The number of nitrogens with one attached hydrogen (secondary N) is 1. The fourth-order valence-electron chi connectivity index (χ4n) is 1.48. The number of methoxy groups -OCH3 is 1. The van der Waals surface area contributed by atoms with Crippen LogP contribution in [-0.2, 0) is 14.3 Å². The van der Waals surface area contributed by atoms with E-state index in [4.69, 9.17) is 10.5 Å². The minimum Gasteiger partial charge on any atom is -0.468 e. The van der Waals surface area contributed by atoms with Crippen molar-refractivity contribution >= 4 is 23.6 Å². The molecule has 6 nitrogen and oxygen atoms in total. The standard InChI is InChI=1S/C11H11N3O3S/c1-6-7(3-12)10(16)14-11(8(6)4-13)18-5-9(15)17-2/h6-7H,5H2,1-2H3,(H,14,16)/t6-,7+/m1/s1. The van der Waals surface area contributed by atoms with Crippen LogP contribution in [0.1, 0.15) is 6.92 Å². The van der Waals surface area contributed by atoms with Crippen molar-refractivity contribution in [3.8, 4) is 12.1 Å². The Hall–Kier alpha value is -1.99. The number of nitrogens with zero attached hydrogens (tertiary/aromatic N) is 2. The second-order valence-corrected chi connectivity index (χ2v) is 4.59. The highest BCUT2D eigenvalue weighted by Gasteiger charge is 2.35.